The van der Waals surface area contributed by atoms with Crippen LogP contribution < -0.4 is 14.8 Å². The lowest BCUT2D eigenvalue weighted by Gasteiger charge is -2.12. The molecule has 0 aliphatic heterocycles. The van der Waals surface area contributed by atoms with Crippen LogP contribution in [0.2, 0.25) is 0 Å². The fourth-order valence-electron chi connectivity index (χ4n) is 1.75. The third kappa shape index (κ3) is 6.21. The molecule has 0 radical (unpaired) electrons. The minimum Gasteiger partial charge on any atom is -0.490 e. The van der Waals surface area contributed by atoms with Gasteiger partial charge in [-0.2, -0.15) is 0 Å². The first-order valence-corrected chi connectivity index (χ1v) is 7.07. The molecule has 1 aromatic rings. The molecule has 0 saturated heterocycles. The first-order valence-electron chi connectivity index (χ1n) is 7.07. The quantitative estimate of drug-likeness (QED) is 0.430. The lowest BCUT2D eigenvalue weighted by molar-refractivity contribution is -0.134. The summed E-state index contributed by atoms with van der Waals surface area (Å²) in [7, 11) is 1.35. The van der Waals surface area contributed by atoms with E-state index in [4.69, 9.17) is 9.47 Å². The summed E-state index contributed by atoms with van der Waals surface area (Å²) in [5.74, 6) is 1.16. The van der Waals surface area contributed by atoms with Crippen molar-refractivity contribution >= 4 is 5.97 Å². The Bertz CT molecular complexity index is 471. The van der Waals surface area contributed by atoms with Crippen LogP contribution in [0.25, 0.3) is 0 Å². The van der Waals surface area contributed by atoms with Gasteiger partial charge in [0, 0.05) is 18.8 Å². The highest BCUT2D eigenvalue weighted by Crippen LogP contribution is 2.28. The van der Waals surface area contributed by atoms with Gasteiger partial charge < -0.3 is 19.5 Å². The van der Waals surface area contributed by atoms with Gasteiger partial charge >= 0.3 is 5.97 Å². The van der Waals surface area contributed by atoms with Crippen LogP contribution in [0.3, 0.4) is 0 Å². The standard InChI is InChI=1S/C16H23NO4/c1-4-20-14-7-6-13(12-15(14)21-5-2)8-10-17-11-9-16(18)19-3/h6-7,9,11-12,17H,4-5,8,10H2,1-3H3/b11-9+. The zero-order chi connectivity index (χ0) is 15.5. The lowest BCUT2D eigenvalue weighted by Crippen LogP contribution is -2.11. The minimum atomic E-state index is -0.373. The number of methoxy groups -OCH3 is 1. The van der Waals surface area contributed by atoms with Crippen LogP contribution >= 0.6 is 0 Å². The highest BCUT2D eigenvalue weighted by atomic mass is 16.5. The number of hydrogen-bond donors (Lipinski definition) is 1. The van der Waals surface area contributed by atoms with Crippen molar-refractivity contribution in [2.24, 2.45) is 0 Å². The van der Waals surface area contributed by atoms with Gasteiger partial charge in [0.15, 0.2) is 11.5 Å². The van der Waals surface area contributed by atoms with E-state index in [1.54, 1.807) is 6.20 Å². The van der Waals surface area contributed by atoms with Gasteiger partial charge in [0.1, 0.15) is 0 Å². The minimum absolute atomic E-state index is 0.373. The van der Waals surface area contributed by atoms with Gasteiger partial charge in [-0.25, -0.2) is 4.79 Å². The second kappa shape index (κ2) is 9.69. The molecular weight excluding hydrogens is 270 g/mol. The van der Waals surface area contributed by atoms with E-state index < -0.39 is 0 Å². The molecule has 5 heteroatoms. The number of hydrogen-bond acceptors (Lipinski definition) is 5. The number of ether oxygens (including phenoxy) is 3. The number of esters is 1. The highest BCUT2D eigenvalue weighted by Gasteiger charge is 2.05. The van der Waals surface area contributed by atoms with Gasteiger partial charge in [-0.15, -0.1) is 0 Å². The topological polar surface area (TPSA) is 56.8 Å². The number of carbonyl (C=O) groups excluding carboxylic acids is 1. The van der Waals surface area contributed by atoms with Crippen LogP contribution in [0.1, 0.15) is 19.4 Å². The third-order valence-electron chi connectivity index (χ3n) is 2.70. The van der Waals surface area contributed by atoms with E-state index >= 15 is 0 Å². The van der Waals surface area contributed by atoms with E-state index in [2.05, 4.69) is 10.1 Å². The molecule has 116 valence electrons. The van der Waals surface area contributed by atoms with Crippen LogP contribution in [-0.4, -0.2) is 32.8 Å². The molecule has 21 heavy (non-hydrogen) atoms. The fraction of sp³-hybridized carbons (Fsp3) is 0.438. The maximum absolute atomic E-state index is 10.9. The van der Waals surface area contributed by atoms with E-state index in [0.717, 1.165) is 23.5 Å². The summed E-state index contributed by atoms with van der Waals surface area (Å²) in [6.07, 6.45) is 3.76. The summed E-state index contributed by atoms with van der Waals surface area (Å²) in [6, 6.07) is 5.92. The van der Waals surface area contributed by atoms with Crippen molar-refractivity contribution in [2.75, 3.05) is 26.9 Å². The summed E-state index contributed by atoms with van der Waals surface area (Å²) in [4.78, 5) is 10.9. The first-order chi connectivity index (χ1) is 10.2. The van der Waals surface area contributed by atoms with Crippen LogP contribution in [-0.2, 0) is 16.0 Å². The Labute approximate surface area is 125 Å². The number of nitrogens with one attached hydrogen (secondary N) is 1. The van der Waals surface area contributed by atoms with Gasteiger partial charge in [-0.1, -0.05) is 6.07 Å². The Balaban J connectivity index is 2.53. The zero-order valence-corrected chi connectivity index (χ0v) is 12.8. The molecule has 0 fully saturated rings. The van der Waals surface area contributed by atoms with Crippen molar-refractivity contribution in [1.82, 2.24) is 5.32 Å². The van der Waals surface area contributed by atoms with E-state index in [1.807, 2.05) is 32.0 Å². The Morgan fingerprint density at radius 1 is 1.19 bits per heavy atom. The second-order valence-electron chi connectivity index (χ2n) is 4.21. The summed E-state index contributed by atoms with van der Waals surface area (Å²) in [5.41, 5.74) is 1.14. The van der Waals surface area contributed by atoms with Crippen LogP contribution in [0.15, 0.2) is 30.5 Å². The molecule has 0 aliphatic carbocycles. The molecule has 0 unspecified atom stereocenters. The molecule has 0 heterocycles. The van der Waals surface area contributed by atoms with E-state index in [0.29, 0.717) is 19.8 Å². The molecule has 1 rings (SSSR count). The molecule has 0 bridgehead atoms. The first kappa shape index (κ1) is 16.9. The predicted octanol–water partition coefficient (Wildman–Crippen LogP) is 2.30. The van der Waals surface area contributed by atoms with Crippen LogP contribution in [0.4, 0.5) is 0 Å². The molecule has 0 aliphatic rings. The maximum atomic E-state index is 10.9. The summed E-state index contributed by atoms with van der Waals surface area (Å²) in [6.45, 7) is 5.82. The van der Waals surface area contributed by atoms with Crippen molar-refractivity contribution < 1.29 is 19.0 Å². The number of rotatable bonds is 9. The number of benzene rings is 1. The van der Waals surface area contributed by atoms with Crippen molar-refractivity contribution in [3.63, 3.8) is 0 Å². The van der Waals surface area contributed by atoms with Crippen molar-refractivity contribution in [1.29, 1.82) is 0 Å². The largest absolute Gasteiger partial charge is 0.490 e. The van der Waals surface area contributed by atoms with Gasteiger partial charge in [-0.3, -0.25) is 0 Å². The molecule has 0 saturated carbocycles. The van der Waals surface area contributed by atoms with Crippen molar-refractivity contribution in [2.45, 2.75) is 20.3 Å². The van der Waals surface area contributed by atoms with Crippen molar-refractivity contribution in [3.8, 4) is 11.5 Å². The predicted molar refractivity (Wildman–Crippen MR) is 81.6 cm³/mol. The zero-order valence-electron chi connectivity index (χ0n) is 12.8. The molecule has 0 aromatic heterocycles. The van der Waals surface area contributed by atoms with Gasteiger partial charge in [0.25, 0.3) is 0 Å². The van der Waals surface area contributed by atoms with Crippen LogP contribution in [0.5, 0.6) is 11.5 Å². The third-order valence-corrected chi connectivity index (χ3v) is 2.70. The van der Waals surface area contributed by atoms with Crippen LogP contribution in [0, 0.1) is 0 Å². The Hall–Kier alpha value is -2.17. The van der Waals surface area contributed by atoms with E-state index in [1.165, 1.54) is 13.2 Å². The molecule has 0 spiro atoms. The summed E-state index contributed by atoms with van der Waals surface area (Å²) >= 11 is 0. The maximum Gasteiger partial charge on any atom is 0.331 e. The smallest absolute Gasteiger partial charge is 0.331 e. The SMILES string of the molecule is CCOc1ccc(CCN/C=C/C(=O)OC)cc1OCC. The van der Waals surface area contributed by atoms with Crippen molar-refractivity contribution in [3.05, 3.63) is 36.0 Å². The molecule has 5 nitrogen and oxygen atoms in total. The lowest BCUT2D eigenvalue weighted by atomic mass is 10.1. The normalized spacial score (nSPS) is 10.4. The average molecular weight is 293 g/mol. The highest BCUT2D eigenvalue weighted by molar-refractivity contribution is 5.81. The Morgan fingerprint density at radius 3 is 2.57 bits per heavy atom. The van der Waals surface area contributed by atoms with E-state index in [-0.39, 0.29) is 5.97 Å². The summed E-state index contributed by atoms with van der Waals surface area (Å²) < 4.78 is 15.6. The monoisotopic (exact) mass is 293 g/mol. The second-order valence-corrected chi connectivity index (χ2v) is 4.21. The van der Waals surface area contributed by atoms with E-state index in [9.17, 15) is 4.79 Å². The van der Waals surface area contributed by atoms with Gasteiger partial charge in [0.2, 0.25) is 0 Å². The Kier molecular flexibility index (Phi) is 7.79. The molecule has 0 amide bonds. The van der Waals surface area contributed by atoms with Gasteiger partial charge in [0.05, 0.1) is 20.3 Å². The van der Waals surface area contributed by atoms with Gasteiger partial charge in [-0.05, 0) is 38.0 Å². The fourth-order valence-corrected chi connectivity index (χ4v) is 1.75. The summed E-state index contributed by atoms with van der Waals surface area (Å²) in [5, 5.41) is 3.04. The molecule has 0 atom stereocenters. The molecule has 1 N–H and O–H groups in total. The number of carbonyl (C=O) groups is 1. The molecular formula is C16H23NO4. The Morgan fingerprint density at radius 2 is 1.90 bits per heavy atom. The average Bonchev–Trinajstić information content (AvgIpc) is 2.49. The molecule has 1 aromatic carbocycles.